The summed E-state index contributed by atoms with van der Waals surface area (Å²) < 4.78 is 0. The predicted octanol–water partition coefficient (Wildman–Crippen LogP) is 1.90. The summed E-state index contributed by atoms with van der Waals surface area (Å²) in [6.07, 6.45) is 3.66. The normalized spacial score (nSPS) is 22.5. The Hall–Kier alpha value is -1.88. The summed E-state index contributed by atoms with van der Waals surface area (Å²) >= 11 is 0. The number of likely N-dealkylation sites (tertiary alicyclic amines) is 1. The molecule has 0 aliphatic carbocycles. The van der Waals surface area contributed by atoms with Crippen LogP contribution in [0.1, 0.15) is 37.8 Å². The molecule has 2 fully saturated rings. The molecule has 1 aromatic rings. The molecular formula is C19H27N3O2. The van der Waals surface area contributed by atoms with E-state index in [0.717, 1.165) is 18.7 Å². The molecule has 24 heavy (non-hydrogen) atoms. The minimum absolute atomic E-state index is 0.0391. The van der Waals surface area contributed by atoms with Gasteiger partial charge in [0.25, 0.3) is 0 Å². The van der Waals surface area contributed by atoms with Crippen molar-refractivity contribution in [1.29, 1.82) is 0 Å². The molecule has 0 spiro atoms. The molecule has 0 radical (unpaired) electrons. The van der Waals surface area contributed by atoms with E-state index in [2.05, 4.69) is 4.90 Å². The second-order valence-electron chi connectivity index (χ2n) is 6.82. The average Bonchev–Trinajstić information content (AvgIpc) is 2.62. The third kappa shape index (κ3) is 3.96. The number of benzene rings is 1. The van der Waals surface area contributed by atoms with Crippen molar-refractivity contribution in [3.8, 4) is 0 Å². The maximum Gasteiger partial charge on any atom is 0.236 e. The summed E-state index contributed by atoms with van der Waals surface area (Å²) in [5, 5.41) is 0. The molecule has 0 bridgehead atoms. The molecule has 0 saturated carbocycles. The molecule has 2 aliphatic rings. The maximum absolute atomic E-state index is 12.7. The number of nitrogens with zero attached hydrogens (tertiary/aromatic N) is 3. The standard InChI is InChI=1S/C19H27N3O2/c1-16(23)22-13-12-21(14-18(22)17-8-4-2-5-9-17)19(24)15-20-10-6-3-7-11-20/h2,4-5,8-9,18H,3,6-7,10-15H2,1H3/t18-/m0/s1. The van der Waals surface area contributed by atoms with Crippen LogP contribution in [0.3, 0.4) is 0 Å². The van der Waals surface area contributed by atoms with Gasteiger partial charge in [0, 0.05) is 26.6 Å². The molecular weight excluding hydrogens is 302 g/mol. The number of piperazine rings is 1. The molecule has 1 atom stereocenters. The quantitative estimate of drug-likeness (QED) is 0.851. The summed E-state index contributed by atoms with van der Waals surface area (Å²) in [5.74, 6) is 0.271. The van der Waals surface area contributed by atoms with Crippen molar-refractivity contribution in [2.45, 2.75) is 32.2 Å². The van der Waals surface area contributed by atoms with Crippen LogP contribution in [0.15, 0.2) is 30.3 Å². The molecule has 2 heterocycles. The molecule has 2 saturated heterocycles. The number of carbonyl (C=O) groups is 2. The highest BCUT2D eigenvalue weighted by atomic mass is 16.2. The van der Waals surface area contributed by atoms with Crippen LogP contribution in [0.4, 0.5) is 0 Å². The van der Waals surface area contributed by atoms with Gasteiger partial charge in [0.15, 0.2) is 0 Å². The van der Waals surface area contributed by atoms with Crippen LogP contribution >= 0.6 is 0 Å². The Morgan fingerprint density at radius 2 is 1.71 bits per heavy atom. The number of hydrogen-bond acceptors (Lipinski definition) is 3. The van der Waals surface area contributed by atoms with Crippen molar-refractivity contribution >= 4 is 11.8 Å². The number of rotatable bonds is 3. The van der Waals surface area contributed by atoms with E-state index in [1.165, 1.54) is 19.3 Å². The van der Waals surface area contributed by atoms with E-state index in [0.29, 0.717) is 26.2 Å². The molecule has 0 N–H and O–H groups in total. The lowest BCUT2D eigenvalue weighted by molar-refractivity contribution is -0.142. The van der Waals surface area contributed by atoms with Gasteiger partial charge in [-0.25, -0.2) is 0 Å². The summed E-state index contributed by atoms with van der Waals surface area (Å²) in [5.41, 5.74) is 1.10. The van der Waals surface area contributed by atoms with Crippen molar-refractivity contribution in [3.63, 3.8) is 0 Å². The first-order valence-electron chi connectivity index (χ1n) is 8.97. The second kappa shape index (κ2) is 7.79. The molecule has 130 valence electrons. The van der Waals surface area contributed by atoms with Gasteiger partial charge in [0.1, 0.15) is 0 Å². The minimum Gasteiger partial charge on any atom is -0.337 e. The first kappa shape index (κ1) is 17.0. The zero-order valence-corrected chi connectivity index (χ0v) is 14.5. The van der Waals surface area contributed by atoms with Gasteiger partial charge in [0.05, 0.1) is 12.6 Å². The van der Waals surface area contributed by atoms with Crippen molar-refractivity contribution in [3.05, 3.63) is 35.9 Å². The molecule has 5 heteroatoms. The van der Waals surface area contributed by atoms with Gasteiger partial charge in [0.2, 0.25) is 11.8 Å². The lowest BCUT2D eigenvalue weighted by Crippen LogP contribution is -2.53. The molecule has 0 aromatic heterocycles. The van der Waals surface area contributed by atoms with Gasteiger partial charge in [-0.2, -0.15) is 0 Å². The first-order chi connectivity index (χ1) is 11.6. The zero-order chi connectivity index (χ0) is 16.9. The fourth-order valence-corrected chi connectivity index (χ4v) is 3.76. The number of hydrogen-bond donors (Lipinski definition) is 0. The smallest absolute Gasteiger partial charge is 0.236 e. The maximum atomic E-state index is 12.7. The van der Waals surface area contributed by atoms with Crippen LogP contribution < -0.4 is 0 Å². The van der Waals surface area contributed by atoms with Crippen molar-refractivity contribution < 1.29 is 9.59 Å². The molecule has 3 rings (SSSR count). The molecule has 1 aromatic carbocycles. The topological polar surface area (TPSA) is 43.9 Å². The highest BCUT2D eigenvalue weighted by molar-refractivity contribution is 5.79. The van der Waals surface area contributed by atoms with Crippen molar-refractivity contribution in [2.75, 3.05) is 39.3 Å². The summed E-state index contributed by atoms with van der Waals surface area (Å²) in [6.45, 7) is 6.03. The Kier molecular flexibility index (Phi) is 5.51. The van der Waals surface area contributed by atoms with Crippen LogP contribution in [0.25, 0.3) is 0 Å². The minimum atomic E-state index is -0.0391. The molecule has 0 unspecified atom stereocenters. The van der Waals surface area contributed by atoms with Gasteiger partial charge in [-0.05, 0) is 31.5 Å². The van der Waals surface area contributed by atoms with Gasteiger partial charge in [-0.15, -0.1) is 0 Å². The fourth-order valence-electron chi connectivity index (χ4n) is 3.76. The van der Waals surface area contributed by atoms with Crippen LogP contribution in [0.5, 0.6) is 0 Å². The van der Waals surface area contributed by atoms with E-state index in [4.69, 9.17) is 0 Å². The lowest BCUT2D eigenvalue weighted by atomic mass is 10.0. The van der Waals surface area contributed by atoms with E-state index in [1.807, 2.05) is 40.1 Å². The van der Waals surface area contributed by atoms with E-state index in [-0.39, 0.29) is 17.9 Å². The fraction of sp³-hybridized carbons (Fsp3) is 0.579. The predicted molar refractivity (Wildman–Crippen MR) is 93.4 cm³/mol. The zero-order valence-electron chi connectivity index (χ0n) is 14.5. The van der Waals surface area contributed by atoms with Crippen molar-refractivity contribution in [2.24, 2.45) is 0 Å². The van der Waals surface area contributed by atoms with Crippen LogP contribution in [-0.4, -0.2) is 65.8 Å². The van der Waals surface area contributed by atoms with E-state index in [9.17, 15) is 9.59 Å². The highest BCUT2D eigenvalue weighted by Gasteiger charge is 2.32. The Labute approximate surface area is 144 Å². The van der Waals surface area contributed by atoms with Crippen molar-refractivity contribution in [1.82, 2.24) is 14.7 Å². The van der Waals surface area contributed by atoms with Gasteiger partial charge in [-0.1, -0.05) is 36.8 Å². The number of carbonyl (C=O) groups excluding carboxylic acids is 2. The molecule has 2 amide bonds. The Balaban J connectivity index is 1.68. The lowest BCUT2D eigenvalue weighted by Gasteiger charge is -2.42. The SMILES string of the molecule is CC(=O)N1CCN(C(=O)CN2CCCCC2)C[C@H]1c1ccccc1. The van der Waals surface area contributed by atoms with E-state index >= 15 is 0 Å². The molecule has 2 aliphatic heterocycles. The second-order valence-corrected chi connectivity index (χ2v) is 6.82. The largest absolute Gasteiger partial charge is 0.337 e. The van der Waals surface area contributed by atoms with E-state index < -0.39 is 0 Å². The van der Waals surface area contributed by atoms with E-state index in [1.54, 1.807) is 6.92 Å². The third-order valence-corrected chi connectivity index (χ3v) is 5.13. The van der Waals surface area contributed by atoms with Crippen LogP contribution in [0.2, 0.25) is 0 Å². The average molecular weight is 329 g/mol. The Morgan fingerprint density at radius 3 is 2.38 bits per heavy atom. The summed E-state index contributed by atoms with van der Waals surface area (Å²) in [6, 6.07) is 10.00. The number of piperidine rings is 1. The Morgan fingerprint density at radius 1 is 1.00 bits per heavy atom. The summed E-state index contributed by atoms with van der Waals surface area (Å²) in [4.78, 5) is 30.8. The van der Waals surface area contributed by atoms with Gasteiger partial charge < -0.3 is 9.80 Å². The highest BCUT2D eigenvalue weighted by Crippen LogP contribution is 2.25. The number of amides is 2. The third-order valence-electron chi connectivity index (χ3n) is 5.13. The van der Waals surface area contributed by atoms with Crippen LogP contribution in [0, 0.1) is 0 Å². The van der Waals surface area contributed by atoms with Crippen LogP contribution in [-0.2, 0) is 9.59 Å². The first-order valence-corrected chi connectivity index (χ1v) is 8.97. The monoisotopic (exact) mass is 329 g/mol. The Bertz CT molecular complexity index is 569. The molecule has 5 nitrogen and oxygen atoms in total. The van der Waals surface area contributed by atoms with Gasteiger partial charge >= 0.3 is 0 Å². The summed E-state index contributed by atoms with van der Waals surface area (Å²) in [7, 11) is 0. The van der Waals surface area contributed by atoms with Gasteiger partial charge in [-0.3, -0.25) is 14.5 Å².